The van der Waals surface area contributed by atoms with Crippen LogP contribution in [0.4, 0.5) is 30.7 Å². The van der Waals surface area contributed by atoms with Crippen molar-refractivity contribution in [2.45, 2.75) is 31.2 Å². The third-order valence-corrected chi connectivity index (χ3v) is 3.80. The number of alkyl halides is 7. The van der Waals surface area contributed by atoms with Crippen LogP contribution >= 0.6 is 24.8 Å². The maximum Gasteiger partial charge on any atom is 0.461 e. The third kappa shape index (κ3) is 7.52. The Labute approximate surface area is 164 Å². The number of hydrogen-bond donors (Lipinski definition) is 1. The molecule has 1 aliphatic heterocycles. The van der Waals surface area contributed by atoms with E-state index >= 15 is 0 Å². The topological polar surface area (TPSA) is 24.5 Å². The Kier molecular flexibility index (Phi) is 10.2. The standard InChI is InChI=1S/C15H17F7N2O.2ClH/c16-13(17)15(21,22)25-12-4-2-1-3-10(12)11(9-14(18,19)20)24-7-5-23-6-8-24;;/h1-4,11,13,23H,5-9H2;2*1H/t11-;;/m1../s1. The molecule has 1 aliphatic rings. The predicted molar refractivity (Wildman–Crippen MR) is 90.4 cm³/mol. The maximum atomic E-state index is 13.2. The first-order valence-corrected chi connectivity index (χ1v) is 7.55. The number of hydrogen-bond acceptors (Lipinski definition) is 3. The van der Waals surface area contributed by atoms with Crippen LogP contribution in [0.5, 0.6) is 5.75 Å². The molecule has 0 saturated carbocycles. The first kappa shape index (κ1) is 26.0. The first-order chi connectivity index (χ1) is 11.6. The van der Waals surface area contributed by atoms with Crippen molar-refractivity contribution in [1.82, 2.24) is 10.2 Å². The molecule has 0 amide bonds. The molecule has 12 heteroatoms. The second-order valence-corrected chi connectivity index (χ2v) is 5.62. The fourth-order valence-corrected chi connectivity index (χ4v) is 2.69. The molecule has 27 heavy (non-hydrogen) atoms. The highest BCUT2D eigenvalue weighted by Gasteiger charge is 2.45. The fraction of sp³-hybridized carbons (Fsp3) is 0.600. The van der Waals surface area contributed by atoms with Gasteiger partial charge in [0.1, 0.15) is 5.75 Å². The molecule has 158 valence electrons. The molecule has 1 saturated heterocycles. The van der Waals surface area contributed by atoms with Gasteiger partial charge in [0.25, 0.3) is 0 Å². The van der Waals surface area contributed by atoms with Gasteiger partial charge in [-0.1, -0.05) is 18.2 Å². The van der Waals surface area contributed by atoms with E-state index in [1.54, 1.807) is 0 Å². The average Bonchev–Trinajstić information content (AvgIpc) is 2.53. The smallest absolute Gasteiger partial charge is 0.428 e. The molecule has 0 unspecified atom stereocenters. The zero-order valence-electron chi connectivity index (χ0n) is 13.8. The molecule has 1 N–H and O–H groups in total. The third-order valence-electron chi connectivity index (χ3n) is 3.80. The normalized spacial score (nSPS) is 17.0. The number of piperazine rings is 1. The lowest BCUT2D eigenvalue weighted by molar-refractivity contribution is -0.253. The minimum atomic E-state index is -4.79. The lowest BCUT2D eigenvalue weighted by Crippen LogP contribution is -2.46. The van der Waals surface area contributed by atoms with E-state index in [9.17, 15) is 30.7 Å². The Balaban J connectivity index is 0.00000338. The van der Waals surface area contributed by atoms with Crippen molar-refractivity contribution in [3.8, 4) is 5.75 Å². The largest absolute Gasteiger partial charge is 0.461 e. The summed E-state index contributed by atoms with van der Waals surface area (Å²) < 4.78 is 94.3. The lowest BCUT2D eigenvalue weighted by atomic mass is 9.99. The van der Waals surface area contributed by atoms with E-state index in [0.717, 1.165) is 6.07 Å². The van der Waals surface area contributed by atoms with Crippen LogP contribution in [0.1, 0.15) is 18.0 Å². The van der Waals surface area contributed by atoms with Crippen LogP contribution in [0.25, 0.3) is 0 Å². The molecule has 0 aromatic heterocycles. The molecule has 0 radical (unpaired) electrons. The molecule has 3 nitrogen and oxygen atoms in total. The van der Waals surface area contributed by atoms with Crippen LogP contribution in [0.3, 0.4) is 0 Å². The Hall–Kier alpha value is -0.970. The van der Waals surface area contributed by atoms with E-state index in [2.05, 4.69) is 10.1 Å². The number of halogens is 9. The second kappa shape index (κ2) is 10.5. The van der Waals surface area contributed by atoms with Crippen molar-refractivity contribution in [3.05, 3.63) is 29.8 Å². The van der Waals surface area contributed by atoms with Gasteiger partial charge in [-0.05, 0) is 6.07 Å². The van der Waals surface area contributed by atoms with Crippen molar-refractivity contribution in [1.29, 1.82) is 0 Å². The van der Waals surface area contributed by atoms with E-state index in [1.165, 1.54) is 23.1 Å². The van der Waals surface area contributed by atoms with Crippen LogP contribution in [0, 0.1) is 0 Å². The second-order valence-electron chi connectivity index (χ2n) is 5.62. The van der Waals surface area contributed by atoms with Crippen LogP contribution < -0.4 is 10.1 Å². The molecule has 1 aromatic carbocycles. The van der Waals surface area contributed by atoms with Crippen molar-refractivity contribution < 1.29 is 35.5 Å². The summed E-state index contributed by atoms with van der Waals surface area (Å²) in [7, 11) is 0. The maximum absolute atomic E-state index is 13.2. The van der Waals surface area contributed by atoms with Crippen LogP contribution in [0.15, 0.2) is 24.3 Å². The summed E-state index contributed by atoms with van der Waals surface area (Å²) in [6, 6.07) is 3.45. The average molecular weight is 447 g/mol. The first-order valence-electron chi connectivity index (χ1n) is 7.55. The summed E-state index contributed by atoms with van der Waals surface area (Å²) >= 11 is 0. The number of nitrogens with one attached hydrogen (secondary N) is 1. The number of benzene rings is 1. The summed E-state index contributed by atoms with van der Waals surface area (Å²) in [5.74, 6) is -0.680. The Bertz CT molecular complexity index is 569. The quantitative estimate of drug-likeness (QED) is 0.642. The van der Waals surface area contributed by atoms with E-state index in [0.29, 0.717) is 13.1 Å². The van der Waals surface area contributed by atoms with Crippen molar-refractivity contribution in [2.75, 3.05) is 26.2 Å². The Morgan fingerprint density at radius 3 is 2.07 bits per heavy atom. The zero-order valence-corrected chi connectivity index (χ0v) is 15.5. The summed E-state index contributed by atoms with van der Waals surface area (Å²) in [6.07, 6.45) is -14.7. The van der Waals surface area contributed by atoms with Gasteiger partial charge in [-0.2, -0.15) is 30.7 Å². The minimum Gasteiger partial charge on any atom is -0.428 e. The summed E-state index contributed by atoms with van der Waals surface area (Å²) in [5.41, 5.74) is -0.193. The monoisotopic (exact) mass is 446 g/mol. The van der Waals surface area contributed by atoms with E-state index in [1.807, 2.05) is 0 Å². The van der Waals surface area contributed by atoms with Gasteiger partial charge < -0.3 is 10.1 Å². The number of nitrogens with zero attached hydrogens (tertiary/aromatic N) is 1. The molecule has 1 atom stereocenters. The van der Waals surface area contributed by atoms with E-state index < -0.39 is 36.9 Å². The van der Waals surface area contributed by atoms with Crippen LogP contribution in [-0.4, -0.2) is 49.8 Å². The molecule has 1 aromatic rings. The van der Waals surface area contributed by atoms with Crippen molar-refractivity contribution >= 4 is 24.8 Å². The van der Waals surface area contributed by atoms with Crippen molar-refractivity contribution in [2.24, 2.45) is 0 Å². The van der Waals surface area contributed by atoms with Gasteiger partial charge in [0.2, 0.25) is 0 Å². The summed E-state index contributed by atoms with van der Waals surface area (Å²) in [4.78, 5) is 1.48. The van der Waals surface area contributed by atoms with Gasteiger partial charge in [0.15, 0.2) is 0 Å². The van der Waals surface area contributed by atoms with E-state index in [4.69, 9.17) is 0 Å². The van der Waals surface area contributed by atoms with Gasteiger partial charge in [0, 0.05) is 37.8 Å². The Morgan fingerprint density at radius 1 is 1.00 bits per heavy atom. The van der Waals surface area contributed by atoms with E-state index in [-0.39, 0.29) is 43.5 Å². The highest BCUT2D eigenvalue weighted by atomic mass is 35.5. The predicted octanol–water partition coefficient (Wildman–Crippen LogP) is 4.67. The van der Waals surface area contributed by atoms with Crippen LogP contribution in [-0.2, 0) is 0 Å². The van der Waals surface area contributed by atoms with Gasteiger partial charge in [-0.3, -0.25) is 4.90 Å². The highest BCUT2D eigenvalue weighted by Crippen LogP contribution is 2.40. The number of para-hydroxylation sites is 1. The molecule has 0 aliphatic carbocycles. The van der Waals surface area contributed by atoms with Crippen molar-refractivity contribution in [3.63, 3.8) is 0 Å². The number of rotatable bonds is 6. The molecule has 0 spiro atoms. The molecule has 2 rings (SSSR count). The van der Waals surface area contributed by atoms with Crippen LogP contribution in [0.2, 0.25) is 0 Å². The summed E-state index contributed by atoms with van der Waals surface area (Å²) in [5, 5.41) is 2.98. The van der Waals surface area contributed by atoms with Gasteiger partial charge >= 0.3 is 18.7 Å². The Morgan fingerprint density at radius 2 is 1.56 bits per heavy atom. The highest BCUT2D eigenvalue weighted by molar-refractivity contribution is 5.85. The molecule has 1 heterocycles. The lowest BCUT2D eigenvalue weighted by Gasteiger charge is -2.36. The molecular formula is C15H19Cl2F7N2O. The van der Waals surface area contributed by atoms with Gasteiger partial charge in [-0.25, -0.2) is 0 Å². The van der Waals surface area contributed by atoms with Gasteiger partial charge in [-0.15, -0.1) is 24.8 Å². The minimum absolute atomic E-state index is 0. The summed E-state index contributed by atoms with van der Waals surface area (Å²) in [6.45, 7) is 1.40. The molecule has 1 fully saturated rings. The fourth-order valence-electron chi connectivity index (χ4n) is 2.69. The molecular weight excluding hydrogens is 428 g/mol. The zero-order chi connectivity index (χ0) is 18.7. The van der Waals surface area contributed by atoms with Gasteiger partial charge in [0.05, 0.1) is 6.42 Å². The molecule has 0 bridgehead atoms. The SMILES string of the molecule is Cl.Cl.FC(F)C(F)(F)Oc1ccccc1[C@@H](CC(F)(F)F)N1CCNCC1. The number of ether oxygens (including phenoxy) is 1.